The number of likely N-dealkylation sites (N-methyl/N-ethyl adjacent to an activating group) is 1. The fraction of sp³-hybridized carbons (Fsp3) is 0.889. The first-order valence-electron chi connectivity index (χ1n) is 4.66. The van der Waals surface area contributed by atoms with E-state index in [-0.39, 0.29) is 6.04 Å². The number of nitrogens with zero attached hydrogens (tertiary/aromatic N) is 2. The third-order valence-electron chi connectivity index (χ3n) is 2.91. The Hall–Kier alpha value is -0.590. The van der Waals surface area contributed by atoms with Crippen LogP contribution in [0.5, 0.6) is 0 Å². The number of likely N-dealkylation sites (tertiary alicyclic amines) is 1. The first kappa shape index (κ1) is 8.03. The molecule has 1 saturated heterocycles. The van der Waals surface area contributed by atoms with Gasteiger partial charge in [0.05, 0.1) is 6.07 Å². The van der Waals surface area contributed by atoms with E-state index in [1.54, 1.807) is 0 Å². The lowest BCUT2D eigenvalue weighted by molar-refractivity contribution is 0.0943. The quantitative estimate of drug-likeness (QED) is 0.649. The molecule has 1 aliphatic heterocycles. The summed E-state index contributed by atoms with van der Waals surface area (Å²) in [6.07, 6.45) is 2.53. The zero-order valence-electron chi connectivity index (χ0n) is 7.45. The van der Waals surface area contributed by atoms with Gasteiger partial charge in [-0.1, -0.05) is 0 Å². The van der Waals surface area contributed by atoms with E-state index in [2.05, 4.69) is 16.3 Å². The molecule has 0 aromatic heterocycles. The summed E-state index contributed by atoms with van der Waals surface area (Å²) >= 11 is 0. The zero-order chi connectivity index (χ0) is 8.55. The molecule has 66 valence electrons. The number of nitriles is 1. The van der Waals surface area contributed by atoms with Gasteiger partial charge in [-0.25, -0.2) is 0 Å². The molecular weight excluding hydrogens is 150 g/mol. The van der Waals surface area contributed by atoms with Gasteiger partial charge < -0.3 is 5.32 Å². The fourth-order valence-electron chi connectivity index (χ4n) is 1.82. The van der Waals surface area contributed by atoms with Crippen LogP contribution in [0.4, 0.5) is 0 Å². The van der Waals surface area contributed by atoms with Crippen LogP contribution in [0.15, 0.2) is 0 Å². The van der Waals surface area contributed by atoms with E-state index in [0.29, 0.717) is 12.0 Å². The molecule has 0 aromatic carbocycles. The average molecular weight is 165 g/mol. The number of hydrogen-bond acceptors (Lipinski definition) is 3. The van der Waals surface area contributed by atoms with Gasteiger partial charge in [-0.15, -0.1) is 0 Å². The predicted octanol–water partition coefficient (Wildman–Crippen LogP) is 0.192. The zero-order valence-corrected chi connectivity index (χ0v) is 7.45. The Bertz CT molecular complexity index is 198. The van der Waals surface area contributed by atoms with Gasteiger partial charge in [0.25, 0.3) is 0 Å². The standard InChI is InChI=1S/C9H15N3/c1-11-8-5-12(6-8)9(4-10)7-2-3-7/h7-9,11H,2-3,5-6H2,1H3/t9-/m1/s1. The van der Waals surface area contributed by atoms with Crippen molar-refractivity contribution in [2.75, 3.05) is 20.1 Å². The lowest BCUT2D eigenvalue weighted by Gasteiger charge is -2.41. The van der Waals surface area contributed by atoms with E-state index in [1.165, 1.54) is 12.8 Å². The van der Waals surface area contributed by atoms with Crippen molar-refractivity contribution >= 4 is 0 Å². The van der Waals surface area contributed by atoms with Gasteiger partial charge in [-0.2, -0.15) is 5.26 Å². The maximum atomic E-state index is 8.92. The summed E-state index contributed by atoms with van der Waals surface area (Å²) in [5, 5.41) is 12.1. The molecule has 1 aliphatic carbocycles. The first-order valence-corrected chi connectivity index (χ1v) is 4.66. The van der Waals surface area contributed by atoms with Crippen molar-refractivity contribution in [2.24, 2.45) is 5.92 Å². The maximum absolute atomic E-state index is 8.92. The smallest absolute Gasteiger partial charge is 0.101 e. The summed E-state index contributed by atoms with van der Waals surface area (Å²) in [5.41, 5.74) is 0. The maximum Gasteiger partial charge on any atom is 0.101 e. The Labute approximate surface area is 73.3 Å². The molecule has 0 unspecified atom stereocenters. The highest BCUT2D eigenvalue weighted by molar-refractivity contribution is 5.06. The molecule has 2 fully saturated rings. The van der Waals surface area contributed by atoms with Crippen LogP contribution >= 0.6 is 0 Å². The minimum Gasteiger partial charge on any atom is -0.315 e. The minimum atomic E-state index is 0.217. The van der Waals surface area contributed by atoms with Crippen molar-refractivity contribution in [3.05, 3.63) is 0 Å². The lowest BCUT2D eigenvalue weighted by Crippen LogP contribution is -2.60. The van der Waals surface area contributed by atoms with Crippen LogP contribution in [0.3, 0.4) is 0 Å². The molecule has 0 bridgehead atoms. The fourth-order valence-corrected chi connectivity index (χ4v) is 1.82. The van der Waals surface area contributed by atoms with E-state index < -0.39 is 0 Å². The van der Waals surface area contributed by atoms with Crippen LogP contribution in [0.1, 0.15) is 12.8 Å². The van der Waals surface area contributed by atoms with Crippen LogP contribution in [0, 0.1) is 17.2 Å². The van der Waals surface area contributed by atoms with Crippen molar-refractivity contribution in [1.29, 1.82) is 5.26 Å². The van der Waals surface area contributed by atoms with Crippen molar-refractivity contribution in [2.45, 2.75) is 24.9 Å². The Balaban J connectivity index is 1.81. The highest BCUT2D eigenvalue weighted by Crippen LogP contribution is 2.36. The largest absolute Gasteiger partial charge is 0.315 e. The third-order valence-corrected chi connectivity index (χ3v) is 2.91. The predicted molar refractivity (Wildman–Crippen MR) is 46.5 cm³/mol. The van der Waals surface area contributed by atoms with Crippen LogP contribution in [-0.2, 0) is 0 Å². The van der Waals surface area contributed by atoms with Crippen LogP contribution in [0.25, 0.3) is 0 Å². The van der Waals surface area contributed by atoms with Gasteiger partial charge in [0.15, 0.2) is 0 Å². The summed E-state index contributed by atoms with van der Waals surface area (Å²) in [4.78, 5) is 2.29. The van der Waals surface area contributed by atoms with Crippen molar-refractivity contribution in [3.8, 4) is 6.07 Å². The van der Waals surface area contributed by atoms with Crippen LogP contribution < -0.4 is 5.32 Å². The second-order valence-corrected chi connectivity index (χ2v) is 3.85. The Morgan fingerprint density at radius 3 is 2.58 bits per heavy atom. The molecule has 2 rings (SSSR count). The summed E-state index contributed by atoms with van der Waals surface area (Å²) in [5.74, 6) is 0.688. The molecule has 1 N–H and O–H groups in total. The van der Waals surface area contributed by atoms with E-state index in [9.17, 15) is 0 Å². The van der Waals surface area contributed by atoms with E-state index >= 15 is 0 Å². The van der Waals surface area contributed by atoms with Gasteiger partial charge in [0, 0.05) is 19.1 Å². The average Bonchev–Trinajstić information content (AvgIpc) is 2.78. The van der Waals surface area contributed by atoms with E-state index in [1.807, 2.05) is 7.05 Å². The first-order chi connectivity index (χ1) is 5.85. The normalized spacial score (nSPS) is 27.7. The van der Waals surface area contributed by atoms with Crippen molar-refractivity contribution < 1.29 is 0 Å². The Kier molecular flexibility index (Phi) is 2.03. The summed E-state index contributed by atoms with van der Waals surface area (Å²) in [6.45, 7) is 2.12. The third kappa shape index (κ3) is 1.33. The Morgan fingerprint density at radius 2 is 2.17 bits per heavy atom. The molecule has 0 radical (unpaired) electrons. The molecule has 0 spiro atoms. The SMILES string of the molecule is CNC1CN([C@H](C#N)C2CC2)C1. The van der Waals surface area contributed by atoms with Crippen LogP contribution in [0.2, 0.25) is 0 Å². The summed E-state index contributed by atoms with van der Waals surface area (Å²) in [7, 11) is 1.99. The highest BCUT2D eigenvalue weighted by atomic mass is 15.3. The van der Waals surface area contributed by atoms with E-state index in [4.69, 9.17) is 5.26 Å². The molecule has 0 amide bonds. The van der Waals surface area contributed by atoms with Gasteiger partial charge in [0.1, 0.15) is 6.04 Å². The second-order valence-electron chi connectivity index (χ2n) is 3.85. The highest BCUT2D eigenvalue weighted by Gasteiger charge is 2.40. The number of hydrogen-bond donors (Lipinski definition) is 1. The molecule has 1 saturated carbocycles. The number of rotatable bonds is 3. The minimum absolute atomic E-state index is 0.217. The van der Waals surface area contributed by atoms with Crippen molar-refractivity contribution in [3.63, 3.8) is 0 Å². The Morgan fingerprint density at radius 1 is 1.50 bits per heavy atom. The van der Waals surface area contributed by atoms with Gasteiger partial charge >= 0.3 is 0 Å². The molecule has 3 nitrogen and oxygen atoms in total. The summed E-state index contributed by atoms with van der Waals surface area (Å²) in [6, 6.07) is 3.25. The van der Waals surface area contributed by atoms with Gasteiger partial charge in [0.2, 0.25) is 0 Å². The molecule has 12 heavy (non-hydrogen) atoms. The van der Waals surface area contributed by atoms with Gasteiger partial charge in [-0.05, 0) is 25.8 Å². The second kappa shape index (κ2) is 3.04. The van der Waals surface area contributed by atoms with Gasteiger partial charge in [-0.3, -0.25) is 4.90 Å². The molecular formula is C9H15N3. The molecule has 1 heterocycles. The molecule has 3 heteroatoms. The van der Waals surface area contributed by atoms with Crippen LogP contribution in [-0.4, -0.2) is 37.1 Å². The topological polar surface area (TPSA) is 39.1 Å². The molecule has 1 atom stereocenters. The molecule has 2 aliphatic rings. The van der Waals surface area contributed by atoms with Crippen molar-refractivity contribution in [1.82, 2.24) is 10.2 Å². The number of nitrogens with one attached hydrogen (secondary N) is 1. The monoisotopic (exact) mass is 165 g/mol. The lowest BCUT2D eigenvalue weighted by atomic mass is 10.0. The molecule has 0 aromatic rings. The van der Waals surface area contributed by atoms with E-state index in [0.717, 1.165) is 13.1 Å². The summed E-state index contributed by atoms with van der Waals surface area (Å²) < 4.78 is 0.